The fraction of sp³-hybridized carbons (Fsp3) is 0.965. The zero-order valence-corrected chi connectivity index (χ0v) is 45.9. The summed E-state index contributed by atoms with van der Waals surface area (Å²) in [4.78, 5) is 3.75. The van der Waals surface area contributed by atoms with Crippen molar-refractivity contribution in [1.82, 2.24) is 0 Å². The van der Waals surface area contributed by atoms with E-state index in [2.05, 4.69) is 60.3 Å². The Hall–Kier alpha value is 0.394. The topological polar surface area (TPSA) is 66.8 Å². The van der Waals surface area contributed by atoms with E-state index < -0.39 is 0 Å². The van der Waals surface area contributed by atoms with E-state index in [1.807, 2.05) is 0 Å². The van der Waals surface area contributed by atoms with Crippen LogP contribution in [0.5, 0.6) is 0 Å². The molecule has 0 unspecified atom stereocenters. The van der Waals surface area contributed by atoms with Crippen LogP contribution in [-0.2, 0) is 28.6 Å². The normalized spacial score (nSPS) is 10.9. The molecular formula is C57H120O4Ti. The van der Waals surface area contributed by atoms with Crippen LogP contribution < -0.4 is 0 Å². The Kier molecular flexibility index (Phi) is 81.1. The summed E-state index contributed by atoms with van der Waals surface area (Å²) in [5.74, 6) is 2.68. The van der Waals surface area contributed by atoms with Gasteiger partial charge in [-0.3, -0.25) is 5.26 Å². The number of aliphatic hydroxyl groups is 1. The van der Waals surface area contributed by atoms with E-state index in [1.54, 1.807) is 13.8 Å². The first-order chi connectivity index (χ1) is 30.1. The van der Waals surface area contributed by atoms with Crippen molar-refractivity contribution >= 4 is 0 Å². The van der Waals surface area contributed by atoms with E-state index in [4.69, 9.17) is 13.7 Å². The van der Waals surface area contributed by atoms with Crippen molar-refractivity contribution in [3.05, 3.63) is 13.8 Å². The molecule has 0 radical (unpaired) electrons. The van der Waals surface area contributed by atoms with Gasteiger partial charge in [-0.05, 0) is 38.0 Å². The molecule has 0 rings (SSSR count). The maximum atomic E-state index is 8.67. The van der Waals surface area contributed by atoms with Gasteiger partial charge in [0.15, 0.2) is 0 Å². The van der Waals surface area contributed by atoms with Gasteiger partial charge in [0.05, 0.1) is 6.10 Å². The van der Waals surface area contributed by atoms with Crippen LogP contribution in [0.15, 0.2) is 0 Å². The molecular weight excluding hydrogens is 796 g/mol. The van der Waals surface area contributed by atoms with Crippen LogP contribution in [0.3, 0.4) is 0 Å². The van der Waals surface area contributed by atoms with Crippen LogP contribution in [0, 0.1) is 31.6 Å². The van der Waals surface area contributed by atoms with E-state index in [-0.39, 0.29) is 6.10 Å². The van der Waals surface area contributed by atoms with Crippen molar-refractivity contribution in [3.8, 4) is 0 Å². The van der Waals surface area contributed by atoms with Gasteiger partial charge in [0.25, 0.3) is 0 Å². The summed E-state index contributed by atoms with van der Waals surface area (Å²) in [6.45, 7) is 25.6. The Morgan fingerprint density at radius 1 is 0.323 bits per heavy atom. The van der Waals surface area contributed by atoms with Crippen LogP contribution in [0.1, 0.15) is 325 Å². The summed E-state index contributed by atoms with van der Waals surface area (Å²) >= 11 is 0.750. The SMILES string of the molecule is CC(C)CCCCCCCCCCCCCCCO.CC(C)OO.[CH2-]CCCCCCCCCCCCCCC(C)C.[CH2-]CCCCCCCCCCCCCCC(C)C.[O]=[Ti+2]. The molecule has 376 valence electrons. The molecule has 62 heavy (non-hydrogen) atoms. The zero-order chi connectivity index (χ0) is 47.4. The Labute approximate surface area is 406 Å². The summed E-state index contributed by atoms with van der Waals surface area (Å²) in [5.41, 5.74) is 0. The maximum absolute atomic E-state index is 8.67. The van der Waals surface area contributed by atoms with E-state index in [9.17, 15) is 0 Å². The molecule has 0 aliphatic rings. The molecule has 0 saturated carbocycles. The minimum atomic E-state index is -0.0602. The first kappa shape index (κ1) is 71.4. The van der Waals surface area contributed by atoms with Gasteiger partial charge >= 0.3 is 23.7 Å². The van der Waals surface area contributed by atoms with Gasteiger partial charge in [-0.25, -0.2) is 4.89 Å². The number of unbranched alkanes of at least 4 members (excludes halogenated alkanes) is 36. The van der Waals surface area contributed by atoms with E-state index >= 15 is 0 Å². The minimum absolute atomic E-state index is 0.0602. The van der Waals surface area contributed by atoms with Crippen molar-refractivity contribution in [2.24, 2.45) is 17.8 Å². The molecule has 2 N–H and O–H groups in total. The summed E-state index contributed by atoms with van der Waals surface area (Å²) in [7, 11) is 0. The van der Waals surface area contributed by atoms with Crippen LogP contribution in [0.2, 0.25) is 0 Å². The standard InChI is InChI=1S/C18H38O.2C18H37.C3H8O2.O.Ti/c1-18(2)16-14-12-10-8-6-4-3-5-7-9-11-13-15-17-19;2*1-4-5-6-7-8-9-10-11-12-13-14-15-16-17-18(2)3;1-3(2)5-4;;/h18-19H,3-17H2,1-2H3;2*18H,1,4-17H2,2-3H3;3-4H,1-2H3;;/q;2*-1;;;+2. The molecule has 4 nitrogen and oxygen atoms in total. The monoisotopic (exact) mass is 917 g/mol. The average Bonchev–Trinajstić information content (AvgIpc) is 3.25. The second-order valence-electron chi connectivity index (χ2n) is 20.2. The Bertz CT molecular complexity index is 652. The van der Waals surface area contributed by atoms with Gasteiger partial charge in [0.1, 0.15) is 0 Å². The van der Waals surface area contributed by atoms with Gasteiger partial charge in [0, 0.05) is 6.61 Å². The molecule has 0 aliphatic heterocycles. The van der Waals surface area contributed by atoms with Gasteiger partial charge in [0.2, 0.25) is 0 Å². The van der Waals surface area contributed by atoms with Crippen molar-refractivity contribution in [3.63, 3.8) is 0 Å². The Balaban J connectivity index is -0.000000243. The number of aliphatic hydroxyl groups excluding tert-OH is 1. The second kappa shape index (κ2) is 70.4. The van der Waals surface area contributed by atoms with E-state index in [1.165, 1.54) is 250 Å². The van der Waals surface area contributed by atoms with Crippen molar-refractivity contribution in [1.29, 1.82) is 0 Å². The predicted octanol–water partition coefficient (Wildman–Crippen LogP) is 20.7. The third kappa shape index (κ3) is 91.0. The second-order valence-corrected chi connectivity index (χ2v) is 20.2. The number of hydrogen-bond acceptors (Lipinski definition) is 4. The quantitative estimate of drug-likeness (QED) is 0.0210. The Morgan fingerprint density at radius 3 is 0.597 bits per heavy atom. The molecule has 0 saturated heterocycles. The average molecular weight is 917 g/mol. The van der Waals surface area contributed by atoms with Gasteiger partial charge in [-0.1, -0.05) is 292 Å². The van der Waals surface area contributed by atoms with Crippen molar-refractivity contribution < 1.29 is 39.0 Å². The molecule has 0 amide bonds. The van der Waals surface area contributed by atoms with Crippen LogP contribution >= 0.6 is 0 Å². The molecule has 0 bridgehead atoms. The number of hydrogen-bond donors (Lipinski definition) is 2. The third-order valence-electron chi connectivity index (χ3n) is 11.7. The molecule has 0 spiro atoms. The fourth-order valence-electron chi connectivity index (χ4n) is 7.60. The van der Waals surface area contributed by atoms with Crippen molar-refractivity contribution in [2.75, 3.05) is 6.61 Å². The molecule has 0 aliphatic carbocycles. The third-order valence-corrected chi connectivity index (χ3v) is 11.7. The zero-order valence-electron chi connectivity index (χ0n) is 44.3. The Morgan fingerprint density at radius 2 is 0.468 bits per heavy atom. The molecule has 0 aromatic rings. The van der Waals surface area contributed by atoms with Gasteiger partial charge < -0.3 is 19.0 Å². The molecule has 0 atom stereocenters. The van der Waals surface area contributed by atoms with Crippen LogP contribution in [0.25, 0.3) is 0 Å². The summed E-state index contributed by atoms with van der Waals surface area (Å²) < 4.78 is 8.25. The summed E-state index contributed by atoms with van der Waals surface area (Å²) in [5, 5.41) is 16.3. The fourth-order valence-corrected chi connectivity index (χ4v) is 7.60. The van der Waals surface area contributed by atoms with E-state index in [0.717, 1.165) is 57.4 Å². The molecule has 0 aromatic carbocycles. The predicted molar refractivity (Wildman–Crippen MR) is 276 cm³/mol. The first-order valence-electron chi connectivity index (χ1n) is 27.8. The van der Waals surface area contributed by atoms with Gasteiger partial charge in [-0.2, -0.15) is 12.8 Å². The van der Waals surface area contributed by atoms with Crippen LogP contribution in [-0.4, -0.2) is 23.1 Å². The first-order valence-corrected chi connectivity index (χ1v) is 28.4. The van der Waals surface area contributed by atoms with Gasteiger partial charge in [-0.15, -0.1) is 0 Å². The molecule has 5 heteroatoms. The summed E-state index contributed by atoms with van der Waals surface area (Å²) in [6.07, 6.45) is 59.0. The van der Waals surface area contributed by atoms with Crippen LogP contribution in [0.4, 0.5) is 0 Å². The van der Waals surface area contributed by atoms with Crippen molar-refractivity contribution in [2.45, 2.75) is 331 Å². The summed E-state index contributed by atoms with van der Waals surface area (Å²) in [6, 6.07) is 0. The molecule has 0 fully saturated rings. The number of rotatable bonds is 44. The van der Waals surface area contributed by atoms with E-state index in [0.29, 0.717) is 6.61 Å². The molecule has 0 aromatic heterocycles. The molecule has 0 heterocycles.